The first-order chi connectivity index (χ1) is 17.9. The van der Waals surface area contributed by atoms with Crippen molar-refractivity contribution in [2.45, 2.75) is 58.1 Å². The van der Waals surface area contributed by atoms with Gasteiger partial charge in [-0.1, -0.05) is 65.7 Å². The molecule has 3 aromatic rings. The molecule has 0 aliphatic carbocycles. The number of aryl methyl sites for hydroxylation is 2. The van der Waals surface area contributed by atoms with Gasteiger partial charge in [-0.2, -0.15) is 0 Å². The number of hydrogen-bond acceptors (Lipinski definition) is 4. The molecule has 0 unspecified atom stereocenters. The van der Waals surface area contributed by atoms with Crippen LogP contribution in [0, 0.1) is 13.8 Å². The molecule has 2 amide bonds. The Hall–Kier alpha value is -3.36. The predicted molar refractivity (Wildman–Crippen MR) is 152 cm³/mol. The van der Waals surface area contributed by atoms with Gasteiger partial charge < -0.3 is 10.2 Å². The first-order valence-electron chi connectivity index (χ1n) is 12.4. The number of carbonyl (C=O) groups is 2. The molecule has 0 bridgehead atoms. The summed E-state index contributed by atoms with van der Waals surface area (Å²) in [5, 5.41) is 3.29. The van der Waals surface area contributed by atoms with Gasteiger partial charge in [-0.05, 0) is 70.0 Å². The summed E-state index contributed by atoms with van der Waals surface area (Å²) in [4.78, 5) is 28.3. The number of benzene rings is 3. The Balaban J connectivity index is 2.07. The predicted octanol–water partition coefficient (Wildman–Crippen LogP) is 5.09. The van der Waals surface area contributed by atoms with E-state index in [1.165, 1.54) is 17.0 Å². The Kier molecular flexibility index (Phi) is 9.57. The van der Waals surface area contributed by atoms with E-state index in [0.29, 0.717) is 21.8 Å². The minimum atomic E-state index is -4.10. The van der Waals surface area contributed by atoms with Crippen molar-refractivity contribution < 1.29 is 18.0 Å². The molecule has 9 heteroatoms. The van der Waals surface area contributed by atoms with Crippen molar-refractivity contribution in [1.82, 2.24) is 10.2 Å². The normalized spacial score (nSPS) is 12.2. The van der Waals surface area contributed by atoms with Gasteiger partial charge in [0.15, 0.2) is 0 Å². The van der Waals surface area contributed by atoms with Crippen LogP contribution in [0.15, 0.2) is 77.7 Å². The second kappa shape index (κ2) is 12.5. The number of sulfonamides is 1. The number of hydrogen-bond donors (Lipinski definition) is 1. The molecule has 0 spiro atoms. The number of rotatable bonds is 10. The number of carbonyl (C=O) groups excluding carboxylic acids is 2. The zero-order valence-corrected chi connectivity index (χ0v) is 23.9. The van der Waals surface area contributed by atoms with Gasteiger partial charge in [0.1, 0.15) is 12.6 Å². The summed E-state index contributed by atoms with van der Waals surface area (Å²) in [5.41, 5.74) is 2.72. The monoisotopic (exact) mass is 555 g/mol. The first kappa shape index (κ1) is 29.2. The summed E-state index contributed by atoms with van der Waals surface area (Å²) in [6, 6.07) is 19.4. The van der Waals surface area contributed by atoms with E-state index in [2.05, 4.69) is 5.32 Å². The molecule has 0 aliphatic rings. The molecule has 0 fully saturated rings. The number of nitrogens with zero attached hydrogens (tertiary/aromatic N) is 2. The second-order valence-electron chi connectivity index (χ2n) is 9.57. The van der Waals surface area contributed by atoms with Crippen LogP contribution in [0.25, 0.3) is 0 Å². The first-order valence-corrected chi connectivity index (χ1v) is 14.2. The molecule has 3 aromatic carbocycles. The molecule has 0 heterocycles. The summed E-state index contributed by atoms with van der Waals surface area (Å²) >= 11 is 6.39. The molecular weight excluding hydrogens is 522 g/mol. The molecule has 0 saturated carbocycles. The van der Waals surface area contributed by atoms with Crippen molar-refractivity contribution >= 4 is 39.1 Å². The van der Waals surface area contributed by atoms with E-state index in [1.54, 1.807) is 68.4 Å². The Bertz CT molecular complexity index is 1390. The van der Waals surface area contributed by atoms with Gasteiger partial charge in [0.2, 0.25) is 11.8 Å². The quantitative estimate of drug-likeness (QED) is 0.377. The zero-order chi connectivity index (χ0) is 28.0. The maximum Gasteiger partial charge on any atom is 0.264 e. The van der Waals surface area contributed by atoms with Crippen LogP contribution in [0.3, 0.4) is 0 Å². The number of nitrogens with one attached hydrogen (secondary N) is 1. The van der Waals surface area contributed by atoms with Crippen LogP contribution in [0.5, 0.6) is 0 Å². The van der Waals surface area contributed by atoms with E-state index in [-0.39, 0.29) is 23.4 Å². The van der Waals surface area contributed by atoms with Crippen LogP contribution in [0.1, 0.15) is 37.5 Å². The topological polar surface area (TPSA) is 86.8 Å². The van der Waals surface area contributed by atoms with Crippen molar-refractivity contribution in [2.24, 2.45) is 0 Å². The van der Waals surface area contributed by atoms with Crippen molar-refractivity contribution in [2.75, 3.05) is 10.8 Å². The Morgan fingerprint density at radius 3 is 2.16 bits per heavy atom. The molecule has 1 N–H and O–H groups in total. The number of halogens is 1. The molecule has 0 radical (unpaired) electrons. The van der Waals surface area contributed by atoms with Crippen molar-refractivity contribution in [1.29, 1.82) is 0 Å². The third-order valence-corrected chi connectivity index (χ3v) is 8.27. The van der Waals surface area contributed by atoms with Crippen LogP contribution in [0.2, 0.25) is 5.02 Å². The lowest BCUT2D eigenvalue weighted by atomic mass is 10.1. The molecule has 202 valence electrons. The third kappa shape index (κ3) is 6.94. The van der Waals surface area contributed by atoms with Crippen LogP contribution >= 0.6 is 11.6 Å². The molecule has 3 rings (SSSR count). The summed E-state index contributed by atoms with van der Waals surface area (Å²) in [5.74, 6) is -0.875. The SMILES string of the molecule is Cc1ccc(N(CC(=O)N(Cc2ccccc2Cl)[C@@H](C)C(=O)NC(C)C)S(=O)(=O)c2ccccc2)c(C)c1. The summed E-state index contributed by atoms with van der Waals surface area (Å²) in [6.07, 6.45) is 0. The van der Waals surface area contributed by atoms with Gasteiger partial charge in [-0.3, -0.25) is 13.9 Å². The van der Waals surface area contributed by atoms with Crippen molar-refractivity contribution in [3.8, 4) is 0 Å². The van der Waals surface area contributed by atoms with Gasteiger partial charge >= 0.3 is 0 Å². The Labute approximate surface area is 230 Å². The van der Waals surface area contributed by atoms with Crippen LogP contribution in [-0.2, 0) is 26.2 Å². The molecular formula is C29H34ClN3O4S. The zero-order valence-electron chi connectivity index (χ0n) is 22.3. The van der Waals surface area contributed by atoms with E-state index in [9.17, 15) is 18.0 Å². The average molecular weight is 556 g/mol. The van der Waals surface area contributed by atoms with Crippen LogP contribution < -0.4 is 9.62 Å². The summed E-state index contributed by atoms with van der Waals surface area (Å²) in [7, 11) is -4.10. The fourth-order valence-corrected chi connectivity index (χ4v) is 5.81. The highest BCUT2D eigenvalue weighted by Crippen LogP contribution is 2.28. The summed E-state index contributed by atoms with van der Waals surface area (Å²) in [6.45, 7) is 8.55. The fourth-order valence-electron chi connectivity index (χ4n) is 4.12. The number of anilines is 1. The molecule has 1 atom stereocenters. The molecule has 38 heavy (non-hydrogen) atoms. The smallest absolute Gasteiger partial charge is 0.264 e. The highest BCUT2D eigenvalue weighted by molar-refractivity contribution is 7.92. The number of amides is 2. The maximum absolute atomic E-state index is 13.9. The lowest BCUT2D eigenvalue weighted by molar-refractivity contribution is -0.139. The molecule has 0 aromatic heterocycles. The average Bonchev–Trinajstić information content (AvgIpc) is 2.86. The van der Waals surface area contributed by atoms with E-state index < -0.39 is 28.5 Å². The highest BCUT2D eigenvalue weighted by atomic mass is 35.5. The highest BCUT2D eigenvalue weighted by Gasteiger charge is 2.33. The lowest BCUT2D eigenvalue weighted by Crippen LogP contribution is -2.52. The van der Waals surface area contributed by atoms with Gasteiger partial charge in [0.05, 0.1) is 10.6 Å². The van der Waals surface area contributed by atoms with E-state index >= 15 is 0 Å². The standard InChI is InChI=1S/C29H34ClN3O4S/c1-20(2)31-29(35)23(5)32(18-24-11-9-10-14-26(24)30)28(34)19-33(27-16-15-21(3)17-22(27)4)38(36,37)25-12-7-6-8-13-25/h6-17,20,23H,18-19H2,1-5H3,(H,31,35)/t23-/m0/s1. The molecule has 7 nitrogen and oxygen atoms in total. The molecule has 0 saturated heterocycles. The van der Waals surface area contributed by atoms with E-state index in [1.807, 2.05) is 26.8 Å². The third-order valence-electron chi connectivity index (χ3n) is 6.13. The van der Waals surface area contributed by atoms with E-state index in [0.717, 1.165) is 9.87 Å². The minimum Gasteiger partial charge on any atom is -0.352 e. The van der Waals surface area contributed by atoms with Gasteiger partial charge in [0.25, 0.3) is 10.0 Å². The van der Waals surface area contributed by atoms with Gasteiger partial charge in [-0.25, -0.2) is 8.42 Å². The lowest BCUT2D eigenvalue weighted by Gasteiger charge is -2.33. The van der Waals surface area contributed by atoms with Gasteiger partial charge in [-0.15, -0.1) is 0 Å². The molecule has 0 aliphatic heterocycles. The fraction of sp³-hybridized carbons (Fsp3) is 0.310. The Morgan fingerprint density at radius 2 is 1.55 bits per heavy atom. The summed E-state index contributed by atoms with van der Waals surface area (Å²) < 4.78 is 28.8. The second-order valence-corrected chi connectivity index (χ2v) is 11.8. The van der Waals surface area contributed by atoms with Gasteiger partial charge in [0, 0.05) is 17.6 Å². The van der Waals surface area contributed by atoms with Crippen molar-refractivity contribution in [3.63, 3.8) is 0 Å². The minimum absolute atomic E-state index is 0.0390. The van der Waals surface area contributed by atoms with E-state index in [4.69, 9.17) is 11.6 Å². The van der Waals surface area contributed by atoms with Crippen molar-refractivity contribution in [3.05, 3.63) is 94.5 Å². The largest absolute Gasteiger partial charge is 0.352 e. The van der Waals surface area contributed by atoms with Crippen LogP contribution in [-0.4, -0.2) is 43.8 Å². The van der Waals surface area contributed by atoms with Crippen LogP contribution in [0.4, 0.5) is 5.69 Å². The Morgan fingerprint density at radius 1 is 0.921 bits per heavy atom. The maximum atomic E-state index is 13.9.